The van der Waals surface area contributed by atoms with E-state index in [1.54, 1.807) is 6.92 Å². The number of aromatic nitrogens is 2. The second kappa shape index (κ2) is 8.67. The minimum Gasteiger partial charge on any atom is -0.394 e. The Morgan fingerprint density at radius 2 is 1.79 bits per heavy atom. The molecule has 3 N–H and O–H groups in total. The van der Waals surface area contributed by atoms with Gasteiger partial charge in [0.15, 0.2) is 0 Å². The number of alkyl halides is 3. The summed E-state index contributed by atoms with van der Waals surface area (Å²) < 4.78 is 40.2. The molecule has 0 unspecified atom stereocenters. The van der Waals surface area contributed by atoms with Gasteiger partial charge < -0.3 is 15.7 Å². The number of halogens is 4. The Kier molecular flexibility index (Phi) is 6.24. The number of aliphatic hydroxyl groups is 1. The summed E-state index contributed by atoms with van der Waals surface area (Å²) in [6, 6.07) is 13.9. The molecule has 5 nitrogen and oxygen atoms in total. The minimum atomic E-state index is -4.59. The van der Waals surface area contributed by atoms with Gasteiger partial charge in [0.05, 0.1) is 28.6 Å². The van der Waals surface area contributed by atoms with E-state index in [4.69, 9.17) is 11.6 Å². The van der Waals surface area contributed by atoms with E-state index in [1.165, 1.54) is 18.2 Å². The highest BCUT2D eigenvalue weighted by Gasteiger charge is 2.34. The van der Waals surface area contributed by atoms with Crippen molar-refractivity contribution in [3.05, 3.63) is 65.2 Å². The molecule has 1 atom stereocenters. The largest absolute Gasteiger partial charge is 0.418 e. The van der Waals surface area contributed by atoms with Gasteiger partial charge in [0.25, 0.3) is 0 Å². The van der Waals surface area contributed by atoms with Gasteiger partial charge in [-0.15, -0.1) is 0 Å². The molecular formula is C20H18ClF3N4O. The molecule has 3 aromatic rings. The molecule has 0 spiro atoms. The van der Waals surface area contributed by atoms with Crippen LogP contribution in [-0.2, 0) is 6.18 Å². The van der Waals surface area contributed by atoms with Crippen LogP contribution in [0.4, 0.5) is 30.6 Å². The first kappa shape index (κ1) is 20.9. The average molecular weight is 423 g/mol. The summed E-state index contributed by atoms with van der Waals surface area (Å²) in [5.74, 6) is 0.293. The number of para-hydroxylation sites is 1. The van der Waals surface area contributed by atoms with Crippen LogP contribution in [0.2, 0.25) is 5.02 Å². The molecule has 1 aromatic heterocycles. The molecule has 29 heavy (non-hydrogen) atoms. The van der Waals surface area contributed by atoms with Crippen molar-refractivity contribution in [1.29, 1.82) is 0 Å². The van der Waals surface area contributed by atoms with E-state index in [0.29, 0.717) is 5.69 Å². The number of hydrogen-bond donors (Lipinski definition) is 3. The highest BCUT2D eigenvalue weighted by molar-refractivity contribution is 6.33. The fourth-order valence-corrected chi connectivity index (χ4v) is 2.84. The molecule has 0 aliphatic carbocycles. The van der Waals surface area contributed by atoms with Crippen LogP contribution in [0.25, 0.3) is 11.3 Å². The van der Waals surface area contributed by atoms with E-state index in [1.807, 2.05) is 30.3 Å². The lowest BCUT2D eigenvalue weighted by Crippen LogP contribution is -2.21. The number of rotatable bonds is 6. The van der Waals surface area contributed by atoms with Crippen molar-refractivity contribution in [2.75, 3.05) is 17.2 Å². The highest BCUT2D eigenvalue weighted by Crippen LogP contribution is 2.40. The Bertz CT molecular complexity index is 983. The van der Waals surface area contributed by atoms with Crippen molar-refractivity contribution in [1.82, 2.24) is 9.97 Å². The molecule has 3 rings (SSSR count). The summed E-state index contributed by atoms with van der Waals surface area (Å²) in [6.07, 6.45) is -4.59. The SMILES string of the molecule is C[C@H](CO)Nc1nc(Nc2c(Cl)cccc2C(F)(F)F)cc(-c2ccccc2)n1. The van der Waals surface area contributed by atoms with Crippen LogP contribution in [0.15, 0.2) is 54.6 Å². The molecule has 0 aliphatic rings. The van der Waals surface area contributed by atoms with Crippen LogP contribution in [0.1, 0.15) is 12.5 Å². The fraction of sp³-hybridized carbons (Fsp3) is 0.200. The van der Waals surface area contributed by atoms with E-state index in [9.17, 15) is 18.3 Å². The summed E-state index contributed by atoms with van der Waals surface area (Å²) in [6.45, 7) is 1.56. The van der Waals surface area contributed by atoms with Gasteiger partial charge in [-0.05, 0) is 19.1 Å². The number of nitrogens with one attached hydrogen (secondary N) is 2. The Balaban J connectivity index is 2.07. The van der Waals surface area contributed by atoms with Crippen LogP contribution in [-0.4, -0.2) is 27.7 Å². The summed E-state index contributed by atoms with van der Waals surface area (Å²) in [4.78, 5) is 8.63. The first-order chi connectivity index (χ1) is 13.8. The fourth-order valence-electron chi connectivity index (χ4n) is 2.61. The van der Waals surface area contributed by atoms with Crippen LogP contribution in [0.3, 0.4) is 0 Å². The van der Waals surface area contributed by atoms with Crippen LogP contribution in [0, 0.1) is 0 Å². The number of benzene rings is 2. The first-order valence-electron chi connectivity index (χ1n) is 8.72. The maximum atomic E-state index is 13.4. The lowest BCUT2D eigenvalue weighted by atomic mass is 10.1. The van der Waals surface area contributed by atoms with Crippen molar-refractivity contribution in [2.45, 2.75) is 19.1 Å². The van der Waals surface area contributed by atoms with Crippen LogP contribution >= 0.6 is 11.6 Å². The number of aliphatic hydroxyl groups excluding tert-OH is 1. The van der Waals surface area contributed by atoms with Crippen molar-refractivity contribution in [3.8, 4) is 11.3 Å². The predicted octanol–water partition coefficient (Wildman–Crippen LogP) is 5.35. The molecule has 9 heteroatoms. The zero-order chi connectivity index (χ0) is 21.0. The summed E-state index contributed by atoms with van der Waals surface area (Å²) in [7, 11) is 0. The third-order valence-corrected chi connectivity index (χ3v) is 4.33. The second-order valence-electron chi connectivity index (χ2n) is 6.34. The van der Waals surface area contributed by atoms with Gasteiger partial charge in [0, 0.05) is 17.7 Å². The third-order valence-electron chi connectivity index (χ3n) is 4.02. The first-order valence-corrected chi connectivity index (χ1v) is 9.10. The van der Waals surface area contributed by atoms with Crippen molar-refractivity contribution in [2.24, 2.45) is 0 Å². The quantitative estimate of drug-likeness (QED) is 0.499. The second-order valence-corrected chi connectivity index (χ2v) is 6.75. The van der Waals surface area contributed by atoms with Crippen molar-refractivity contribution in [3.63, 3.8) is 0 Å². The zero-order valence-corrected chi connectivity index (χ0v) is 16.1. The summed E-state index contributed by atoms with van der Waals surface area (Å²) >= 11 is 6.03. The lowest BCUT2D eigenvalue weighted by molar-refractivity contribution is -0.136. The molecule has 0 fully saturated rings. The maximum Gasteiger partial charge on any atom is 0.418 e. The van der Waals surface area contributed by atoms with Gasteiger partial charge in [0.1, 0.15) is 5.82 Å². The van der Waals surface area contributed by atoms with E-state index in [-0.39, 0.29) is 35.1 Å². The standard InChI is InChI=1S/C20H18ClF3N4O/c1-12(11-29)25-19-26-16(13-6-3-2-4-7-13)10-17(28-19)27-18-14(20(22,23)24)8-5-9-15(18)21/h2-10,12,29H,11H2,1H3,(H2,25,26,27,28)/t12-/m1/s1. The molecule has 0 saturated heterocycles. The normalized spacial score (nSPS) is 12.5. The summed E-state index contributed by atoms with van der Waals surface area (Å²) in [5.41, 5.74) is 0.0628. The number of anilines is 3. The Morgan fingerprint density at radius 3 is 2.45 bits per heavy atom. The average Bonchev–Trinajstić information content (AvgIpc) is 2.69. The molecule has 0 aliphatic heterocycles. The maximum absolute atomic E-state index is 13.4. The van der Waals surface area contributed by atoms with E-state index in [2.05, 4.69) is 20.6 Å². The Labute approximate surface area is 170 Å². The molecule has 0 saturated carbocycles. The van der Waals surface area contributed by atoms with Crippen LogP contribution in [0.5, 0.6) is 0 Å². The third kappa shape index (κ3) is 5.16. The van der Waals surface area contributed by atoms with Gasteiger partial charge in [-0.1, -0.05) is 48.0 Å². The van der Waals surface area contributed by atoms with Crippen molar-refractivity contribution < 1.29 is 18.3 Å². The lowest BCUT2D eigenvalue weighted by Gasteiger charge is -2.17. The highest BCUT2D eigenvalue weighted by atomic mass is 35.5. The smallest absolute Gasteiger partial charge is 0.394 e. The van der Waals surface area contributed by atoms with E-state index < -0.39 is 11.7 Å². The molecule has 1 heterocycles. The number of nitrogens with zero attached hydrogens (tertiary/aromatic N) is 2. The Hall–Kier alpha value is -2.84. The van der Waals surface area contributed by atoms with Gasteiger partial charge in [-0.2, -0.15) is 18.2 Å². The topological polar surface area (TPSA) is 70.1 Å². The van der Waals surface area contributed by atoms with Gasteiger partial charge >= 0.3 is 6.18 Å². The zero-order valence-electron chi connectivity index (χ0n) is 15.3. The monoisotopic (exact) mass is 422 g/mol. The summed E-state index contributed by atoms with van der Waals surface area (Å²) in [5, 5.41) is 14.8. The van der Waals surface area contributed by atoms with Crippen LogP contribution < -0.4 is 10.6 Å². The minimum absolute atomic E-state index is 0.0852. The molecular weight excluding hydrogens is 405 g/mol. The molecule has 152 valence electrons. The molecule has 0 bridgehead atoms. The Morgan fingerprint density at radius 1 is 1.07 bits per heavy atom. The van der Waals surface area contributed by atoms with E-state index in [0.717, 1.165) is 11.6 Å². The number of hydrogen-bond acceptors (Lipinski definition) is 5. The van der Waals surface area contributed by atoms with E-state index >= 15 is 0 Å². The van der Waals surface area contributed by atoms with Gasteiger partial charge in [0.2, 0.25) is 5.95 Å². The molecule has 0 radical (unpaired) electrons. The molecule has 2 aromatic carbocycles. The van der Waals surface area contributed by atoms with Crippen molar-refractivity contribution >= 4 is 29.1 Å². The van der Waals surface area contributed by atoms with Gasteiger partial charge in [-0.3, -0.25) is 0 Å². The molecule has 0 amide bonds. The van der Waals surface area contributed by atoms with Gasteiger partial charge in [-0.25, -0.2) is 4.98 Å². The predicted molar refractivity (Wildman–Crippen MR) is 107 cm³/mol.